The lowest BCUT2D eigenvalue weighted by Crippen LogP contribution is -2.38. The third kappa shape index (κ3) is 4.25. The minimum Gasteiger partial charge on any atom is -0.310 e. The summed E-state index contributed by atoms with van der Waals surface area (Å²) in [6.07, 6.45) is 3.20. The average Bonchev–Trinajstić information content (AvgIpc) is 3.52. The van der Waals surface area contributed by atoms with E-state index in [1.807, 2.05) is 0 Å². The molecule has 11 heteroatoms. The van der Waals surface area contributed by atoms with Gasteiger partial charge in [0.05, 0.1) is 4.90 Å². The van der Waals surface area contributed by atoms with Crippen LogP contribution in [0.15, 0.2) is 47.4 Å². The van der Waals surface area contributed by atoms with Gasteiger partial charge in [-0.05, 0) is 78.9 Å². The van der Waals surface area contributed by atoms with Crippen molar-refractivity contribution in [2.24, 2.45) is 0 Å². The summed E-state index contributed by atoms with van der Waals surface area (Å²) in [4.78, 5) is 16.2. The molecule has 2 aliphatic rings. The van der Waals surface area contributed by atoms with Gasteiger partial charge >= 0.3 is 0 Å². The predicted molar refractivity (Wildman–Crippen MR) is 118 cm³/mol. The number of hydrogen-bond acceptors (Lipinski definition) is 6. The van der Waals surface area contributed by atoms with Crippen molar-refractivity contribution in [1.82, 2.24) is 24.5 Å². The standard InChI is InChI=1S/C22H23FN6O3S/c23-18-7-5-16(6-8-18)22-24-26-29(25-22)15-21(30)28-13-3-4-17-14-19(9-10-20(17)28)33(31,32)27-11-1-2-12-27/h5-10,14H,1-4,11-13,15H2. The molecule has 2 aliphatic heterocycles. The highest BCUT2D eigenvalue weighted by molar-refractivity contribution is 7.89. The highest BCUT2D eigenvalue weighted by Crippen LogP contribution is 2.31. The van der Waals surface area contributed by atoms with E-state index < -0.39 is 10.0 Å². The first-order valence-electron chi connectivity index (χ1n) is 10.9. The second-order valence-electron chi connectivity index (χ2n) is 8.20. The predicted octanol–water partition coefficient (Wildman–Crippen LogP) is 2.24. The zero-order chi connectivity index (χ0) is 23.0. The van der Waals surface area contributed by atoms with Gasteiger partial charge in [-0.15, -0.1) is 10.2 Å². The van der Waals surface area contributed by atoms with Crippen molar-refractivity contribution in [1.29, 1.82) is 0 Å². The molecule has 5 rings (SSSR count). The molecule has 172 valence electrons. The molecule has 3 heterocycles. The molecule has 1 saturated heterocycles. The van der Waals surface area contributed by atoms with E-state index in [9.17, 15) is 17.6 Å². The average molecular weight is 471 g/mol. The lowest BCUT2D eigenvalue weighted by molar-refractivity contribution is -0.119. The fraction of sp³-hybridized carbons (Fsp3) is 0.364. The second-order valence-corrected chi connectivity index (χ2v) is 10.1. The molecule has 3 aromatic rings. The molecule has 0 atom stereocenters. The number of aryl methyl sites for hydroxylation is 1. The number of carbonyl (C=O) groups excluding carboxylic acids is 1. The van der Waals surface area contributed by atoms with Crippen LogP contribution in [0.3, 0.4) is 0 Å². The SMILES string of the molecule is O=C(Cn1nnc(-c2ccc(F)cc2)n1)N1CCCc2cc(S(=O)(=O)N3CCCC3)ccc21. The van der Waals surface area contributed by atoms with Crippen molar-refractivity contribution < 1.29 is 17.6 Å². The molecule has 0 aliphatic carbocycles. The zero-order valence-electron chi connectivity index (χ0n) is 17.9. The summed E-state index contributed by atoms with van der Waals surface area (Å²) in [6, 6.07) is 10.7. The van der Waals surface area contributed by atoms with Crippen LogP contribution in [0, 0.1) is 5.82 Å². The van der Waals surface area contributed by atoms with Gasteiger partial charge in [0.2, 0.25) is 15.8 Å². The molecule has 1 fully saturated rings. The Morgan fingerprint density at radius 3 is 2.52 bits per heavy atom. The number of aromatic nitrogens is 4. The summed E-state index contributed by atoms with van der Waals surface area (Å²) in [5, 5.41) is 12.1. The largest absolute Gasteiger partial charge is 0.310 e. The van der Waals surface area contributed by atoms with Crippen molar-refractivity contribution in [2.45, 2.75) is 37.1 Å². The Balaban J connectivity index is 1.34. The number of rotatable bonds is 5. The van der Waals surface area contributed by atoms with Crippen LogP contribution in [0.5, 0.6) is 0 Å². The van der Waals surface area contributed by atoms with Crippen molar-refractivity contribution in [3.05, 3.63) is 53.8 Å². The summed E-state index contributed by atoms with van der Waals surface area (Å²) in [5.74, 6) is -0.269. The quantitative estimate of drug-likeness (QED) is 0.567. The minimum absolute atomic E-state index is 0.110. The van der Waals surface area contributed by atoms with E-state index in [0.717, 1.165) is 24.8 Å². The molecule has 9 nitrogen and oxygen atoms in total. The smallest absolute Gasteiger partial charge is 0.250 e. The lowest BCUT2D eigenvalue weighted by atomic mass is 10.0. The fourth-order valence-corrected chi connectivity index (χ4v) is 5.87. The molecule has 0 unspecified atom stereocenters. The van der Waals surface area contributed by atoms with E-state index in [4.69, 9.17) is 0 Å². The number of carbonyl (C=O) groups is 1. The number of nitrogens with zero attached hydrogens (tertiary/aromatic N) is 6. The number of amides is 1. The van der Waals surface area contributed by atoms with Gasteiger partial charge in [0.25, 0.3) is 5.91 Å². The molecular formula is C22H23FN6O3S. The van der Waals surface area contributed by atoms with E-state index in [1.54, 1.807) is 35.2 Å². The Kier molecular flexibility index (Phi) is 5.67. The van der Waals surface area contributed by atoms with Crippen molar-refractivity contribution in [3.8, 4) is 11.4 Å². The maximum atomic E-state index is 13.1. The molecule has 0 radical (unpaired) electrons. The fourth-order valence-electron chi connectivity index (χ4n) is 4.30. The number of fused-ring (bicyclic) bond motifs is 1. The monoisotopic (exact) mass is 470 g/mol. The minimum atomic E-state index is -3.51. The van der Waals surface area contributed by atoms with Crippen LogP contribution in [0.25, 0.3) is 11.4 Å². The maximum absolute atomic E-state index is 13.1. The van der Waals surface area contributed by atoms with Gasteiger partial charge in [-0.1, -0.05) is 0 Å². The van der Waals surface area contributed by atoms with Crippen LogP contribution in [0.4, 0.5) is 10.1 Å². The molecular weight excluding hydrogens is 447 g/mol. The van der Waals surface area contributed by atoms with Crippen LogP contribution in [-0.2, 0) is 27.8 Å². The van der Waals surface area contributed by atoms with Crippen LogP contribution in [0.1, 0.15) is 24.8 Å². The molecule has 0 bridgehead atoms. The van der Waals surface area contributed by atoms with Crippen molar-refractivity contribution in [2.75, 3.05) is 24.5 Å². The Morgan fingerprint density at radius 1 is 1.00 bits per heavy atom. The summed E-state index contributed by atoms with van der Waals surface area (Å²) >= 11 is 0. The first kappa shape index (κ1) is 21.7. The molecule has 0 saturated carbocycles. The molecule has 1 amide bonds. The van der Waals surface area contributed by atoms with Gasteiger partial charge < -0.3 is 4.90 Å². The summed E-state index contributed by atoms with van der Waals surface area (Å²) in [7, 11) is -3.51. The normalized spacial score (nSPS) is 16.7. The molecule has 33 heavy (non-hydrogen) atoms. The number of benzene rings is 2. The second kappa shape index (κ2) is 8.64. The number of halogens is 1. The Hall–Kier alpha value is -3.18. The van der Waals surface area contributed by atoms with Gasteiger partial charge in [0, 0.05) is 30.9 Å². The van der Waals surface area contributed by atoms with Crippen LogP contribution in [0.2, 0.25) is 0 Å². The van der Waals surface area contributed by atoms with Crippen molar-refractivity contribution >= 4 is 21.6 Å². The maximum Gasteiger partial charge on any atom is 0.250 e. The summed E-state index contributed by atoms with van der Waals surface area (Å²) in [6.45, 7) is 1.52. The van der Waals surface area contributed by atoms with Gasteiger partial charge in [0.1, 0.15) is 12.4 Å². The number of tetrazole rings is 1. The number of hydrogen-bond donors (Lipinski definition) is 0. The van der Waals surface area contributed by atoms with Crippen LogP contribution >= 0.6 is 0 Å². The van der Waals surface area contributed by atoms with Crippen molar-refractivity contribution in [3.63, 3.8) is 0 Å². The van der Waals surface area contributed by atoms with Gasteiger partial charge in [-0.3, -0.25) is 4.79 Å². The Morgan fingerprint density at radius 2 is 1.76 bits per heavy atom. The summed E-state index contributed by atoms with van der Waals surface area (Å²) in [5.41, 5.74) is 2.16. The van der Waals surface area contributed by atoms with Gasteiger partial charge in [0.15, 0.2) is 0 Å². The van der Waals surface area contributed by atoms with E-state index in [1.165, 1.54) is 21.2 Å². The zero-order valence-corrected chi connectivity index (χ0v) is 18.7. The molecule has 1 aromatic heterocycles. The Labute approximate surface area is 190 Å². The van der Waals surface area contributed by atoms with E-state index in [2.05, 4.69) is 15.4 Å². The van der Waals surface area contributed by atoms with Crippen LogP contribution in [-0.4, -0.2) is 58.5 Å². The highest BCUT2D eigenvalue weighted by atomic mass is 32.2. The molecule has 0 spiro atoms. The van der Waals surface area contributed by atoms with E-state index in [0.29, 0.717) is 43.1 Å². The van der Waals surface area contributed by atoms with E-state index in [-0.39, 0.29) is 23.2 Å². The number of sulfonamides is 1. The van der Waals surface area contributed by atoms with E-state index >= 15 is 0 Å². The van der Waals surface area contributed by atoms with Crippen LogP contribution < -0.4 is 4.90 Å². The first-order chi connectivity index (χ1) is 15.9. The molecule has 2 aromatic carbocycles. The molecule has 0 N–H and O–H groups in total. The third-order valence-electron chi connectivity index (χ3n) is 6.01. The first-order valence-corrected chi connectivity index (χ1v) is 12.3. The topological polar surface area (TPSA) is 101 Å². The van der Waals surface area contributed by atoms with Gasteiger partial charge in [-0.25, -0.2) is 12.8 Å². The summed E-state index contributed by atoms with van der Waals surface area (Å²) < 4.78 is 40.5. The highest BCUT2D eigenvalue weighted by Gasteiger charge is 2.30. The number of anilines is 1. The third-order valence-corrected chi connectivity index (χ3v) is 7.90. The Bertz CT molecular complexity index is 1290. The van der Waals surface area contributed by atoms with Gasteiger partial charge in [-0.2, -0.15) is 9.10 Å². The lowest BCUT2D eigenvalue weighted by Gasteiger charge is -2.30.